The van der Waals surface area contributed by atoms with Gasteiger partial charge in [-0.1, -0.05) is 30.3 Å². The third kappa shape index (κ3) is 5.23. The number of hydrogen-bond acceptors (Lipinski definition) is 7. The van der Waals surface area contributed by atoms with Gasteiger partial charge in [-0.05, 0) is 44.5 Å². The zero-order chi connectivity index (χ0) is 21.1. The van der Waals surface area contributed by atoms with Crippen LogP contribution >= 0.6 is 11.8 Å². The molecule has 29 heavy (non-hydrogen) atoms. The Balaban J connectivity index is 1.89. The molecule has 1 aliphatic rings. The molecule has 1 heterocycles. The van der Waals surface area contributed by atoms with E-state index in [4.69, 9.17) is 19.5 Å². The number of carbonyl (C=O) groups excluding carboxylic acids is 2. The van der Waals surface area contributed by atoms with Crippen LogP contribution in [0, 0.1) is 0 Å². The Bertz CT molecular complexity index is 1010. The summed E-state index contributed by atoms with van der Waals surface area (Å²) in [5.74, 6) is -0.327. The van der Waals surface area contributed by atoms with Crippen molar-refractivity contribution in [2.75, 3.05) is 7.11 Å². The van der Waals surface area contributed by atoms with E-state index in [1.54, 1.807) is 12.1 Å². The summed E-state index contributed by atoms with van der Waals surface area (Å²) in [5, 5.41) is 1.48. The van der Waals surface area contributed by atoms with Gasteiger partial charge in [0, 0.05) is 5.75 Å². The van der Waals surface area contributed by atoms with Gasteiger partial charge in [0.05, 0.1) is 23.4 Å². The minimum atomic E-state index is -1.03. The minimum Gasteiger partial charge on any atom is -0.465 e. The molecule has 0 atom stereocenters. The quantitative estimate of drug-likeness (QED) is 0.682. The van der Waals surface area contributed by atoms with E-state index in [0.29, 0.717) is 11.3 Å². The minimum absolute atomic E-state index is 0.00398. The smallest absolute Gasteiger partial charge is 0.338 e. The number of thioether (sulfide) groups is 1. The average Bonchev–Trinajstić information content (AvgIpc) is 3.02. The van der Waals surface area contributed by atoms with Crippen LogP contribution in [0.2, 0.25) is 0 Å². The largest absolute Gasteiger partial charge is 0.465 e. The summed E-state index contributed by atoms with van der Waals surface area (Å²) < 4.78 is 10.4. The van der Waals surface area contributed by atoms with E-state index in [2.05, 4.69) is 0 Å². The highest BCUT2D eigenvalue weighted by molar-refractivity contribution is 7.99. The van der Waals surface area contributed by atoms with Gasteiger partial charge < -0.3 is 9.47 Å². The van der Waals surface area contributed by atoms with E-state index in [0.717, 1.165) is 16.3 Å². The van der Waals surface area contributed by atoms with Crippen molar-refractivity contribution in [2.24, 2.45) is 9.98 Å². The molecule has 0 saturated carbocycles. The summed E-state index contributed by atoms with van der Waals surface area (Å²) >= 11 is 1.40. The second-order valence-electron chi connectivity index (χ2n) is 7.66. The fraction of sp³-hybridized carbons (Fsp3) is 0.364. The van der Waals surface area contributed by atoms with Crippen LogP contribution in [0.4, 0.5) is 0 Å². The van der Waals surface area contributed by atoms with Gasteiger partial charge >= 0.3 is 11.9 Å². The highest BCUT2D eigenvalue weighted by Crippen LogP contribution is 2.36. The van der Waals surface area contributed by atoms with Crippen LogP contribution in [0.3, 0.4) is 0 Å². The summed E-state index contributed by atoms with van der Waals surface area (Å²) in [7, 11) is 1.36. The number of carbonyl (C=O) groups is 2. The predicted molar refractivity (Wildman–Crippen MR) is 111 cm³/mol. The SMILES string of the molecule is COC(=O)c1ccccc1CSC1(CC(=O)OC(C)(C)C)N=c2ccccc2=N1. The van der Waals surface area contributed by atoms with Crippen LogP contribution < -0.4 is 10.7 Å². The van der Waals surface area contributed by atoms with Crippen molar-refractivity contribution in [1.29, 1.82) is 0 Å². The van der Waals surface area contributed by atoms with E-state index in [1.165, 1.54) is 18.9 Å². The normalized spacial score (nSPS) is 14.3. The van der Waals surface area contributed by atoms with E-state index in [9.17, 15) is 9.59 Å². The lowest BCUT2D eigenvalue weighted by Crippen LogP contribution is -2.30. The van der Waals surface area contributed by atoms with Gasteiger partial charge in [-0.3, -0.25) is 4.79 Å². The molecule has 3 rings (SSSR count). The number of methoxy groups -OCH3 is 1. The van der Waals surface area contributed by atoms with Crippen LogP contribution in [0.25, 0.3) is 0 Å². The summed E-state index contributed by atoms with van der Waals surface area (Å²) in [5.41, 5.74) is 0.700. The summed E-state index contributed by atoms with van der Waals surface area (Å²) in [6.45, 7) is 5.49. The number of fused-ring (bicyclic) bond motifs is 1. The average molecular weight is 413 g/mol. The molecule has 0 saturated heterocycles. The van der Waals surface area contributed by atoms with Gasteiger partial charge in [-0.25, -0.2) is 14.8 Å². The third-order valence-electron chi connectivity index (χ3n) is 4.15. The molecule has 0 unspecified atom stereocenters. The maximum atomic E-state index is 12.6. The number of ether oxygens (including phenoxy) is 2. The Labute approximate surface area is 174 Å². The Morgan fingerprint density at radius 1 is 1.00 bits per heavy atom. The zero-order valence-electron chi connectivity index (χ0n) is 17.0. The summed E-state index contributed by atoms with van der Waals surface area (Å²) in [6, 6.07) is 14.8. The Hall–Kier alpha value is -2.67. The fourth-order valence-electron chi connectivity index (χ4n) is 2.96. The molecule has 152 valence electrons. The Morgan fingerprint density at radius 2 is 1.59 bits per heavy atom. The van der Waals surface area contributed by atoms with Gasteiger partial charge in [-0.15, -0.1) is 11.8 Å². The number of para-hydroxylation sites is 2. The van der Waals surface area contributed by atoms with Crippen molar-refractivity contribution in [3.8, 4) is 0 Å². The van der Waals surface area contributed by atoms with E-state index < -0.39 is 16.6 Å². The highest BCUT2D eigenvalue weighted by atomic mass is 32.2. The molecule has 0 radical (unpaired) electrons. The number of esters is 2. The third-order valence-corrected chi connectivity index (χ3v) is 5.39. The first-order valence-electron chi connectivity index (χ1n) is 9.28. The van der Waals surface area contributed by atoms with Crippen molar-refractivity contribution in [3.05, 3.63) is 70.4 Å². The second kappa shape index (κ2) is 8.37. The van der Waals surface area contributed by atoms with Crippen LogP contribution in [-0.4, -0.2) is 29.6 Å². The van der Waals surface area contributed by atoms with E-state index >= 15 is 0 Å². The number of hydrogen-bond donors (Lipinski definition) is 0. The molecule has 0 fully saturated rings. The Kier molecular flexibility index (Phi) is 6.07. The first-order chi connectivity index (χ1) is 13.7. The van der Waals surface area contributed by atoms with Gasteiger partial charge in [0.25, 0.3) is 0 Å². The van der Waals surface area contributed by atoms with Crippen molar-refractivity contribution in [1.82, 2.24) is 0 Å². The molecule has 0 aromatic heterocycles. The van der Waals surface area contributed by atoms with Crippen molar-refractivity contribution in [3.63, 3.8) is 0 Å². The van der Waals surface area contributed by atoms with Gasteiger partial charge in [0.1, 0.15) is 12.0 Å². The predicted octanol–water partition coefficient (Wildman–Crippen LogP) is 3.05. The number of rotatable bonds is 6. The lowest BCUT2D eigenvalue weighted by Gasteiger charge is -2.25. The van der Waals surface area contributed by atoms with Gasteiger partial charge in [-0.2, -0.15) is 0 Å². The monoisotopic (exact) mass is 412 g/mol. The molecular weight excluding hydrogens is 388 g/mol. The lowest BCUT2D eigenvalue weighted by molar-refractivity contribution is -0.155. The lowest BCUT2D eigenvalue weighted by atomic mass is 10.1. The van der Waals surface area contributed by atoms with Crippen LogP contribution in [0.1, 0.15) is 43.1 Å². The first kappa shape index (κ1) is 21.0. The molecule has 0 spiro atoms. The molecule has 0 N–H and O–H groups in total. The van der Waals surface area contributed by atoms with Crippen LogP contribution in [0.15, 0.2) is 58.5 Å². The maximum Gasteiger partial charge on any atom is 0.338 e. The second-order valence-corrected chi connectivity index (χ2v) is 8.89. The molecule has 0 amide bonds. The molecule has 2 aromatic rings. The maximum absolute atomic E-state index is 12.6. The highest BCUT2D eigenvalue weighted by Gasteiger charge is 2.37. The van der Waals surface area contributed by atoms with Crippen LogP contribution in [-0.2, 0) is 20.0 Å². The molecule has 0 bridgehead atoms. The molecule has 2 aromatic carbocycles. The Morgan fingerprint density at radius 3 is 2.17 bits per heavy atom. The fourth-order valence-corrected chi connectivity index (χ4v) is 4.15. The number of nitrogens with zero attached hydrogens (tertiary/aromatic N) is 2. The van der Waals surface area contributed by atoms with Crippen molar-refractivity contribution >= 4 is 23.7 Å². The standard InChI is InChI=1S/C22H24N2O4S/c1-21(2,3)28-19(25)13-22(23-17-11-7-8-12-18(17)24-22)29-14-15-9-5-6-10-16(15)20(26)27-4/h5-12H,13-14H2,1-4H3. The molecule has 6 nitrogen and oxygen atoms in total. The van der Waals surface area contributed by atoms with Gasteiger partial charge in [0.2, 0.25) is 4.99 Å². The first-order valence-corrected chi connectivity index (χ1v) is 10.3. The van der Waals surface area contributed by atoms with Crippen LogP contribution in [0.5, 0.6) is 0 Å². The summed E-state index contributed by atoms with van der Waals surface area (Å²) in [6.07, 6.45) is 0.00398. The topological polar surface area (TPSA) is 77.3 Å². The molecule has 7 heteroatoms. The van der Waals surface area contributed by atoms with E-state index in [1.807, 2.05) is 57.2 Å². The zero-order valence-corrected chi connectivity index (χ0v) is 17.8. The van der Waals surface area contributed by atoms with Gasteiger partial charge in [0.15, 0.2) is 0 Å². The summed E-state index contributed by atoms with van der Waals surface area (Å²) in [4.78, 5) is 33.1. The van der Waals surface area contributed by atoms with Crippen molar-refractivity contribution < 1.29 is 19.1 Å². The van der Waals surface area contributed by atoms with Crippen molar-refractivity contribution in [2.45, 2.75) is 43.5 Å². The molecular formula is C22H24N2O4S. The molecule has 0 aliphatic carbocycles. The van der Waals surface area contributed by atoms with E-state index in [-0.39, 0.29) is 12.4 Å². The number of benzene rings is 2. The molecule has 1 aliphatic heterocycles.